The fourth-order valence-corrected chi connectivity index (χ4v) is 6.67. The van der Waals surface area contributed by atoms with Crippen LogP contribution in [0.2, 0.25) is 5.02 Å². The van der Waals surface area contributed by atoms with Gasteiger partial charge in [-0.25, -0.2) is 12.6 Å². The summed E-state index contributed by atoms with van der Waals surface area (Å²) in [5.74, 6) is 0.0308. The minimum atomic E-state index is -4.52. The van der Waals surface area contributed by atoms with Gasteiger partial charge in [-0.05, 0) is 63.1 Å². The van der Waals surface area contributed by atoms with Crippen molar-refractivity contribution in [1.29, 1.82) is 5.41 Å². The van der Waals surface area contributed by atoms with E-state index in [0.717, 1.165) is 0 Å². The molecule has 1 saturated heterocycles. The van der Waals surface area contributed by atoms with E-state index in [4.69, 9.17) is 17.0 Å². The highest BCUT2D eigenvalue weighted by molar-refractivity contribution is 7.92. The fourth-order valence-electron chi connectivity index (χ4n) is 4.48. The molecule has 1 saturated carbocycles. The minimum Gasteiger partial charge on any atom is -0.364 e. The lowest BCUT2D eigenvalue weighted by molar-refractivity contribution is -0.115. The maximum absolute atomic E-state index is 13.2. The summed E-state index contributed by atoms with van der Waals surface area (Å²) in [4.78, 5) is 3.44. The van der Waals surface area contributed by atoms with Crippen molar-refractivity contribution in [1.82, 2.24) is 9.80 Å². The van der Waals surface area contributed by atoms with Crippen LogP contribution >= 0.6 is 11.6 Å². The van der Waals surface area contributed by atoms with Crippen molar-refractivity contribution in [3.8, 4) is 0 Å². The van der Waals surface area contributed by atoms with Crippen LogP contribution in [0.1, 0.15) is 32.3 Å². The molecule has 4 rings (SSSR count). The van der Waals surface area contributed by atoms with Crippen molar-refractivity contribution in [3.63, 3.8) is 0 Å². The Morgan fingerprint density at radius 2 is 1.79 bits per heavy atom. The lowest BCUT2D eigenvalue weighted by Crippen LogP contribution is -2.57. The van der Waals surface area contributed by atoms with Gasteiger partial charge < -0.3 is 14.5 Å². The van der Waals surface area contributed by atoms with Gasteiger partial charge in [0.1, 0.15) is 22.5 Å². The Morgan fingerprint density at radius 3 is 2.34 bits per heavy atom. The number of amidine groups is 1. The Hall–Kier alpha value is -2.57. The van der Waals surface area contributed by atoms with Gasteiger partial charge in [0, 0.05) is 19.6 Å². The number of piperazine rings is 1. The molecular formula is C25H28ClF3N4O3S2. The highest BCUT2D eigenvalue weighted by Gasteiger charge is 2.54. The second-order valence-electron chi connectivity index (χ2n) is 9.69. The number of halogens is 4. The van der Waals surface area contributed by atoms with Crippen LogP contribution in [0, 0.1) is 5.41 Å². The van der Waals surface area contributed by atoms with Gasteiger partial charge >= 0.3 is 6.18 Å². The van der Waals surface area contributed by atoms with Gasteiger partial charge in [-0.15, -0.1) is 0 Å². The Labute approximate surface area is 227 Å². The molecule has 7 nitrogen and oxygen atoms in total. The molecule has 0 amide bonds. The molecule has 1 heterocycles. The number of hydrogen-bond donors (Lipinski definition) is 2. The molecule has 0 bridgehead atoms. The molecule has 1 atom stereocenters. The lowest BCUT2D eigenvalue weighted by atomic mass is 10.0. The van der Waals surface area contributed by atoms with Crippen LogP contribution in [0.4, 0.5) is 18.9 Å². The van der Waals surface area contributed by atoms with E-state index in [1.54, 1.807) is 36.9 Å². The predicted octanol–water partition coefficient (Wildman–Crippen LogP) is 5.21. The molecule has 2 aromatic carbocycles. The number of alkyl halides is 3. The third-order valence-electron chi connectivity index (χ3n) is 6.90. The van der Waals surface area contributed by atoms with Crippen LogP contribution in [-0.2, 0) is 20.8 Å². The van der Waals surface area contributed by atoms with Crippen LogP contribution < -0.4 is 4.72 Å². The summed E-state index contributed by atoms with van der Waals surface area (Å²) in [6.07, 6.45) is -3.27. The zero-order valence-corrected chi connectivity index (χ0v) is 23.2. The van der Waals surface area contributed by atoms with E-state index >= 15 is 0 Å². The highest BCUT2D eigenvalue weighted by Crippen LogP contribution is 2.47. The summed E-state index contributed by atoms with van der Waals surface area (Å²) < 4.78 is 80.4. The average molecular weight is 589 g/mol. The Bertz CT molecular complexity index is 1390. The summed E-state index contributed by atoms with van der Waals surface area (Å²) in [7, 11) is -5.29. The summed E-state index contributed by atoms with van der Waals surface area (Å²) >= 11 is 6.48. The molecule has 2 fully saturated rings. The third kappa shape index (κ3) is 5.43. The molecule has 1 spiro atoms. The zero-order chi connectivity index (χ0) is 28.0. The summed E-state index contributed by atoms with van der Waals surface area (Å²) in [6.45, 7) is 6.70. The van der Waals surface area contributed by atoms with Gasteiger partial charge in [0.25, 0.3) is 0 Å². The third-order valence-corrected chi connectivity index (χ3v) is 10.5. The number of sulfone groups is 1. The van der Waals surface area contributed by atoms with Gasteiger partial charge in [0.05, 0.1) is 36.9 Å². The molecular weight excluding hydrogens is 561 g/mol. The molecule has 1 unspecified atom stereocenters. The summed E-state index contributed by atoms with van der Waals surface area (Å²) in [6, 6.07) is 10.6. The fraction of sp³-hybridized carbons (Fsp3) is 0.400. The molecule has 38 heavy (non-hydrogen) atoms. The number of nitrogens with zero attached hydrogens (tertiary/aromatic N) is 2. The second-order valence-corrected chi connectivity index (χ2v) is 13.8. The maximum atomic E-state index is 13.2. The van der Waals surface area contributed by atoms with Gasteiger partial charge in [-0.3, -0.25) is 5.41 Å². The first-order valence-electron chi connectivity index (χ1n) is 11.9. The first-order valence-corrected chi connectivity index (χ1v) is 14.9. The molecule has 1 aliphatic heterocycles. The van der Waals surface area contributed by atoms with E-state index in [1.165, 1.54) is 29.2 Å². The molecule has 1 aliphatic carbocycles. The number of allylic oxidation sites excluding steroid dienone is 1. The van der Waals surface area contributed by atoms with Gasteiger partial charge in [0.2, 0.25) is 0 Å². The van der Waals surface area contributed by atoms with Crippen LogP contribution in [0.3, 0.4) is 0 Å². The van der Waals surface area contributed by atoms with Crippen molar-refractivity contribution < 1.29 is 25.8 Å². The minimum absolute atomic E-state index is 0.0308. The van der Waals surface area contributed by atoms with E-state index in [0.29, 0.717) is 23.4 Å². The number of anilines is 1. The Kier molecular flexibility index (Phi) is 7.63. The van der Waals surface area contributed by atoms with Crippen molar-refractivity contribution in [2.24, 2.45) is 0 Å². The molecule has 0 aromatic heterocycles. The SMILES string of the molecule is C=C(N1CCN(C(=N)c2c(Cl)cccc2NS(=O)c2ccc(S(=O)(=O)C(C)C)cc2)C2(CC2)C1)C(F)(F)F. The normalized spacial score (nSPS) is 18.0. The molecule has 2 aliphatic rings. The van der Waals surface area contributed by atoms with Crippen molar-refractivity contribution in [2.45, 2.75) is 53.4 Å². The van der Waals surface area contributed by atoms with Gasteiger partial charge in [-0.1, -0.05) is 24.2 Å². The summed E-state index contributed by atoms with van der Waals surface area (Å²) in [5, 5.41) is 8.59. The van der Waals surface area contributed by atoms with Crippen LogP contribution in [0.5, 0.6) is 0 Å². The first-order chi connectivity index (χ1) is 17.7. The quantitative estimate of drug-likeness (QED) is 0.342. The van der Waals surface area contributed by atoms with Gasteiger partial charge in [-0.2, -0.15) is 13.2 Å². The second kappa shape index (κ2) is 10.2. The van der Waals surface area contributed by atoms with Crippen molar-refractivity contribution >= 4 is 43.9 Å². The van der Waals surface area contributed by atoms with E-state index in [2.05, 4.69) is 11.3 Å². The molecule has 2 aromatic rings. The number of hydrogen-bond acceptors (Lipinski definition) is 5. The topological polar surface area (TPSA) is 93.6 Å². The summed E-state index contributed by atoms with van der Waals surface area (Å²) in [5.41, 5.74) is -0.914. The monoisotopic (exact) mass is 588 g/mol. The highest BCUT2D eigenvalue weighted by atomic mass is 35.5. The Morgan fingerprint density at radius 1 is 1.16 bits per heavy atom. The van der Waals surface area contributed by atoms with E-state index in [-0.39, 0.29) is 41.0 Å². The molecule has 0 radical (unpaired) electrons. The lowest BCUT2D eigenvalue weighted by Gasteiger charge is -2.45. The number of rotatable bonds is 7. The van der Waals surface area contributed by atoms with Crippen LogP contribution in [0.15, 0.2) is 64.5 Å². The number of nitrogens with one attached hydrogen (secondary N) is 2. The Balaban J connectivity index is 1.55. The zero-order valence-electron chi connectivity index (χ0n) is 20.8. The first kappa shape index (κ1) is 28.4. The standard InChI is InChI=1S/C25H28ClF3N4O3S2/c1-16(2)38(35,36)19-9-7-18(8-10-19)37(34)31-21-6-4-5-20(26)22(21)23(30)33-14-13-32(15-24(33)11-12-24)17(3)25(27,28)29/h4-10,16,30-31H,3,11-15H2,1-2H3. The van der Waals surface area contributed by atoms with E-state index in [1.807, 2.05) is 0 Å². The van der Waals surface area contributed by atoms with E-state index in [9.17, 15) is 25.8 Å². The van der Waals surface area contributed by atoms with Crippen LogP contribution in [-0.4, -0.2) is 64.9 Å². The smallest absolute Gasteiger partial charge is 0.364 e. The maximum Gasteiger partial charge on any atom is 0.430 e. The van der Waals surface area contributed by atoms with Crippen molar-refractivity contribution in [3.05, 3.63) is 65.3 Å². The van der Waals surface area contributed by atoms with E-state index < -0.39 is 43.5 Å². The molecule has 2 N–H and O–H groups in total. The largest absolute Gasteiger partial charge is 0.430 e. The average Bonchev–Trinajstić information content (AvgIpc) is 3.61. The van der Waals surface area contributed by atoms with Crippen LogP contribution in [0.25, 0.3) is 0 Å². The predicted molar refractivity (Wildman–Crippen MR) is 143 cm³/mol. The van der Waals surface area contributed by atoms with Crippen molar-refractivity contribution in [2.75, 3.05) is 24.4 Å². The molecule has 206 valence electrons. The number of benzene rings is 2. The molecule has 13 heteroatoms. The van der Waals surface area contributed by atoms with Gasteiger partial charge in [0.15, 0.2) is 9.84 Å².